The molecule has 7 aromatic carbocycles. The first-order chi connectivity index (χ1) is 25.7. The molecule has 3 aromatic heterocycles. The second-order valence-corrected chi connectivity index (χ2v) is 12.9. The largest absolute Gasteiger partial charge is 0.456 e. The number of hydrogen-bond donors (Lipinski definition) is 0. The minimum absolute atomic E-state index is 0.593. The Morgan fingerprint density at radius 1 is 0.308 bits per heavy atom. The van der Waals surface area contributed by atoms with Crippen LogP contribution < -0.4 is 0 Å². The molecule has 0 N–H and O–H groups in total. The summed E-state index contributed by atoms with van der Waals surface area (Å²) in [5.41, 5.74) is 13.5. The lowest BCUT2D eigenvalue weighted by atomic mass is 10.0. The summed E-state index contributed by atoms with van der Waals surface area (Å²) in [5, 5.41) is 2.23. The van der Waals surface area contributed by atoms with Crippen molar-refractivity contribution >= 4 is 33.0 Å². The maximum Gasteiger partial charge on any atom is 0.227 e. The summed E-state index contributed by atoms with van der Waals surface area (Å²) in [5.74, 6) is 1.25. The lowest BCUT2D eigenvalue weighted by molar-refractivity contribution is 0.620. The van der Waals surface area contributed by atoms with E-state index in [1.165, 1.54) is 5.56 Å². The molecular formula is C47H29N3O2. The fraction of sp³-hybridized carbons (Fsp3) is 0. The Balaban J connectivity index is 1.03. The lowest BCUT2D eigenvalue weighted by Gasteiger charge is -2.11. The summed E-state index contributed by atoms with van der Waals surface area (Å²) in [6.45, 7) is 0. The maximum atomic E-state index is 6.06. The molecule has 3 heterocycles. The lowest BCUT2D eigenvalue weighted by Crippen LogP contribution is -1.96. The van der Waals surface area contributed by atoms with Gasteiger partial charge < -0.3 is 8.83 Å². The van der Waals surface area contributed by atoms with Crippen molar-refractivity contribution in [3.8, 4) is 67.6 Å². The van der Waals surface area contributed by atoms with Gasteiger partial charge in [-0.15, -0.1) is 0 Å². The van der Waals surface area contributed by atoms with Gasteiger partial charge in [0.05, 0.1) is 11.4 Å². The quantitative estimate of drug-likeness (QED) is 0.177. The molecule has 0 aliphatic rings. The van der Waals surface area contributed by atoms with Gasteiger partial charge in [0.2, 0.25) is 5.89 Å². The Kier molecular flexibility index (Phi) is 7.07. The van der Waals surface area contributed by atoms with Gasteiger partial charge in [-0.25, -0.2) is 15.0 Å². The number of fused-ring (bicyclic) bond motifs is 4. The van der Waals surface area contributed by atoms with Crippen LogP contribution in [0, 0.1) is 0 Å². The number of hydrogen-bond acceptors (Lipinski definition) is 5. The summed E-state index contributed by atoms with van der Waals surface area (Å²) >= 11 is 0. The standard InChI is InChI=1S/C47H29N3O2/c1-2-8-30(9-3-1)31-14-18-33(19-15-31)41-29-42(34-20-24-36(25-21-34)47-50-40-11-5-7-13-45(40)52-47)49-46(48-41)35-22-16-32(17-23-35)37-26-27-44-39(28-37)38-10-4-6-12-43(38)51-44/h1-29H. The number of furan rings is 1. The third-order valence-corrected chi connectivity index (χ3v) is 9.59. The van der Waals surface area contributed by atoms with Crippen LogP contribution in [-0.4, -0.2) is 15.0 Å². The van der Waals surface area contributed by atoms with E-state index in [1.54, 1.807) is 0 Å². The zero-order valence-corrected chi connectivity index (χ0v) is 27.9. The molecular weight excluding hydrogens is 639 g/mol. The first-order valence-corrected chi connectivity index (χ1v) is 17.3. The van der Waals surface area contributed by atoms with Gasteiger partial charge in [0, 0.05) is 33.0 Å². The van der Waals surface area contributed by atoms with Crippen molar-refractivity contribution in [3.63, 3.8) is 0 Å². The zero-order valence-electron chi connectivity index (χ0n) is 27.9. The molecule has 0 aliphatic heterocycles. The van der Waals surface area contributed by atoms with E-state index in [4.69, 9.17) is 18.8 Å². The fourth-order valence-corrected chi connectivity index (χ4v) is 6.83. The van der Waals surface area contributed by atoms with Crippen LogP contribution in [0.4, 0.5) is 0 Å². The molecule has 0 saturated heterocycles. The molecule has 0 atom stereocenters. The first kappa shape index (κ1) is 29.8. The molecule has 0 unspecified atom stereocenters. The highest BCUT2D eigenvalue weighted by molar-refractivity contribution is 6.06. The first-order valence-electron chi connectivity index (χ1n) is 17.3. The van der Waals surface area contributed by atoms with Crippen molar-refractivity contribution in [1.29, 1.82) is 0 Å². The Hall–Kier alpha value is -7.11. The summed E-state index contributed by atoms with van der Waals surface area (Å²) in [6.07, 6.45) is 0. The molecule has 0 fully saturated rings. The van der Waals surface area contributed by atoms with E-state index in [0.29, 0.717) is 11.7 Å². The van der Waals surface area contributed by atoms with Crippen LogP contribution in [0.15, 0.2) is 185 Å². The summed E-state index contributed by atoms with van der Waals surface area (Å²) in [4.78, 5) is 14.9. The molecule has 0 bridgehead atoms. The van der Waals surface area contributed by atoms with Gasteiger partial charge >= 0.3 is 0 Å². The normalized spacial score (nSPS) is 11.5. The van der Waals surface area contributed by atoms with E-state index >= 15 is 0 Å². The van der Waals surface area contributed by atoms with Gasteiger partial charge in [-0.2, -0.15) is 0 Å². The minimum Gasteiger partial charge on any atom is -0.456 e. The molecule has 244 valence electrons. The van der Waals surface area contributed by atoms with Crippen LogP contribution in [0.25, 0.3) is 101 Å². The summed E-state index contributed by atoms with van der Waals surface area (Å²) in [6, 6.07) is 60.0. The third kappa shape index (κ3) is 5.42. The number of para-hydroxylation sites is 3. The second kappa shape index (κ2) is 12.3. The smallest absolute Gasteiger partial charge is 0.227 e. The van der Waals surface area contributed by atoms with Gasteiger partial charge in [-0.3, -0.25) is 0 Å². The zero-order chi connectivity index (χ0) is 34.4. The average Bonchev–Trinajstić information content (AvgIpc) is 3.83. The SMILES string of the molecule is c1ccc(-c2ccc(-c3cc(-c4ccc(-c5nc6ccccc6o5)cc4)nc(-c4ccc(-c5ccc6oc7ccccc7c6c5)cc4)n3)cc2)cc1. The van der Waals surface area contributed by atoms with Gasteiger partial charge in [0.15, 0.2) is 11.4 Å². The number of oxazole rings is 1. The highest BCUT2D eigenvalue weighted by atomic mass is 16.3. The van der Waals surface area contributed by atoms with Crippen LogP contribution >= 0.6 is 0 Å². The molecule has 10 aromatic rings. The van der Waals surface area contributed by atoms with Crippen molar-refractivity contribution < 1.29 is 8.83 Å². The predicted octanol–water partition coefficient (Wildman–Crippen LogP) is 12.5. The van der Waals surface area contributed by atoms with Crippen LogP contribution in [-0.2, 0) is 0 Å². The number of benzene rings is 7. The Morgan fingerprint density at radius 3 is 1.54 bits per heavy atom. The van der Waals surface area contributed by atoms with Crippen LogP contribution in [0.1, 0.15) is 0 Å². The van der Waals surface area contributed by atoms with Crippen LogP contribution in [0.3, 0.4) is 0 Å². The number of aromatic nitrogens is 3. The Morgan fingerprint density at radius 2 is 0.827 bits per heavy atom. The van der Waals surface area contributed by atoms with Crippen molar-refractivity contribution in [3.05, 3.63) is 176 Å². The second-order valence-electron chi connectivity index (χ2n) is 12.9. The molecule has 5 heteroatoms. The monoisotopic (exact) mass is 667 g/mol. The van der Waals surface area contributed by atoms with E-state index in [9.17, 15) is 0 Å². The Bertz CT molecular complexity index is 2840. The molecule has 0 radical (unpaired) electrons. The minimum atomic E-state index is 0.593. The molecule has 52 heavy (non-hydrogen) atoms. The van der Waals surface area contributed by atoms with Gasteiger partial charge in [0.25, 0.3) is 0 Å². The van der Waals surface area contributed by atoms with Crippen molar-refractivity contribution in [2.75, 3.05) is 0 Å². The van der Waals surface area contributed by atoms with Gasteiger partial charge in [0.1, 0.15) is 16.7 Å². The van der Waals surface area contributed by atoms with Gasteiger partial charge in [-0.1, -0.05) is 127 Å². The van der Waals surface area contributed by atoms with Crippen molar-refractivity contribution in [2.24, 2.45) is 0 Å². The summed E-state index contributed by atoms with van der Waals surface area (Å²) < 4.78 is 12.1. The average molecular weight is 668 g/mol. The van der Waals surface area contributed by atoms with Crippen molar-refractivity contribution in [2.45, 2.75) is 0 Å². The molecule has 5 nitrogen and oxygen atoms in total. The Labute approximate surface area is 299 Å². The van der Waals surface area contributed by atoms with E-state index in [-0.39, 0.29) is 0 Å². The highest BCUT2D eigenvalue weighted by Crippen LogP contribution is 2.35. The van der Waals surface area contributed by atoms with E-state index in [1.807, 2.05) is 60.7 Å². The topological polar surface area (TPSA) is 65.0 Å². The summed E-state index contributed by atoms with van der Waals surface area (Å²) in [7, 11) is 0. The highest BCUT2D eigenvalue weighted by Gasteiger charge is 2.14. The number of rotatable bonds is 6. The molecule has 0 spiro atoms. The number of nitrogens with zero attached hydrogens (tertiary/aromatic N) is 3. The van der Waals surface area contributed by atoms with E-state index in [0.717, 1.165) is 83.4 Å². The van der Waals surface area contributed by atoms with Crippen molar-refractivity contribution in [1.82, 2.24) is 15.0 Å². The molecule has 10 rings (SSSR count). The molecule has 0 amide bonds. The predicted molar refractivity (Wildman–Crippen MR) is 209 cm³/mol. The third-order valence-electron chi connectivity index (χ3n) is 9.59. The molecule has 0 aliphatic carbocycles. The van der Waals surface area contributed by atoms with E-state index < -0.39 is 0 Å². The van der Waals surface area contributed by atoms with Gasteiger partial charge in [-0.05, 0) is 70.8 Å². The molecule has 0 saturated carbocycles. The fourth-order valence-electron chi connectivity index (χ4n) is 6.83. The maximum absolute atomic E-state index is 6.06. The van der Waals surface area contributed by atoms with E-state index in [2.05, 4.69) is 120 Å². The van der Waals surface area contributed by atoms with Crippen LogP contribution in [0.2, 0.25) is 0 Å². The van der Waals surface area contributed by atoms with Crippen LogP contribution in [0.5, 0.6) is 0 Å².